The van der Waals surface area contributed by atoms with Gasteiger partial charge in [0.15, 0.2) is 0 Å². The van der Waals surface area contributed by atoms with Gasteiger partial charge in [-0.05, 0) is 18.2 Å². The van der Waals surface area contributed by atoms with Gasteiger partial charge in [-0.2, -0.15) is 13.2 Å². The third-order valence-corrected chi connectivity index (χ3v) is 3.27. The molecule has 1 heterocycles. The van der Waals surface area contributed by atoms with Gasteiger partial charge < -0.3 is 10.0 Å². The SMILES string of the molecule is O=C(c1cccc(C(F)(F)F)c1)N1C[C@@H](F)C[C@H]1CO. The van der Waals surface area contributed by atoms with Gasteiger partial charge in [0, 0.05) is 12.0 Å². The number of hydrogen-bond acceptors (Lipinski definition) is 2. The highest BCUT2D eigenvalue weighted by atomic mass is 19.4. The molecule has 0 bridgehead atoms. The maximum absolute atomic E-state index is 13.3. The summed E-state index contributed by atoms with van der Waals surface area (Å²) >= 11 is 0. The van der Waals surface area contributed by atoms with E-state index in [0.717, 1.165) is 23.1 Å². The second-order valence-electron chi connectivity index (χ2n) is 4.71. The number of alkyl halides is 4. The van der Waals surface area contributed by atoms with E-state index in [1.54, 1.807) is 0 Å². The number of aliphatic hydroxyl groups excluding tert-OH is 1. The summed E-state index contributed by atoms with van der Waals surface area (Å²) in [5.74, 6) is -0.699. The molecule has 1 fully saturated rings. The van der Waals surface area contributed by atoms with Gasteiger partial charge in [0.05, 0.1) is 24.8 Å². The van der Waals surface area contributed by atoms with Crippen LogP contribution >= 0.6 is 0 Å². The van der Waals surface area contributed by atoms with Crippen molar-refractivity contribution in [3.8, 4) is 0 Å². The number of amides is 1. The van der Waals surface area contributed by atoms with Crippen molar-refractivity contribution >= 4 is 5.91 Å². The monoisotopic (exact) mass is 291 g/mol. The normalized spacial score (nSPS) is 23.1. The number of nitrogens with zero attached hydrogens (tertiary/aromatic N) is 1. The van der Waals surface area contributed by atoms with Crippen molar-refractivity contribution in [3.05, 3.63) is 35.4 Å². The fraction of sp³-hybridized carbons (Fsp3) is 0.462. The summed E-state index contributed by atoms with van der Waals surface area (Å²) in [4.78, 5) is 13.2. The van der Waals surface area contributed by atoms with Crippen LogP contribution in [0.4, 0.5) is 17.6 Å². The second-order valence-corrected chi connectivity index (χ2v) is 4.71. The topological polar surface area (TPSA) is 40.5 Å². The van der Waals surface area contributed by atoms with Crippen LogP contribution in [0.25, 0.3) is 0 Å². The second kappa shape index (κ2) is 5.40. The first-order chi connectivity index (χ1) is 9.32. The third-order valence-electron chi connectivity index (χ3n) is 3.27. The highest BCUT2D eigenvalue weighted by Crippen LogP contribution is 2.30. The molecule has 1 aliphatic rings. The fourth-order valence-corrected chi connectivity index (χ4v) is 2.28. The number of halogens is 4. The van der Waals surface area contributed by atoms with Gasteiger partial charge in [-0.15, -0.1) is 0 Å². The fourth-order valence-electron chi connectivity index (χ4n) is 2.28. The van der Waals surface area contributed by atoms with E-state index in [1.165, 1.54) is 6.07 Å². The van der Waals surface area contributed by atoms with E-state index in [4.69, 9.17) is 5.11 Å². The first-order valence-electron chi connectivity index (χ1n) is 6.06. The number of likely N-dealkylation sites (tertiary alicyclic amines) is 1. The van der Waals surface area contributed by atoms with Gasteiger partial charge in [-0.1, -0.05) is 6.07 Å². The molecule has 1 aliphatic heterocycles. The van der Waals surface area contributed by atoms with Crippen molar-refractivity contribution in [2.45, 2.75) is 24.8 Å². The average Bonchev–Trinajstić information content (AvgIpc) is 2.78. The molecule has 0 aromatic heterocycles. The zero-order valence-electron chi connectivity index (χ0n) is 10.4. The van der Waals surface area contributed by atoms with Crippen LogP contribution in [0.5, 0.6) is 0 Å². The molecule has 1 aromatic carbocycles. The molecular weight excluding hydrogens is 278 g/mol. The molecule has 2 rings (SSSR count). The molecule has 0 radical (unpaired) electrons. The largest absolute Gasteiger partial charge is 0.416 e. The zero-order valence-corrected chi connectivity index (χ0v) is 10.4. The third kappa shape index (κ3) is 2.92. The van der Waals surface area contributed by atoms with Crippen molar-refractivity contribution in [1.29, 1.82) is 0 Å². The lowest BCUT2D eigenvalue weighted by Crippen LogP contribution is -2.38. The predicted molar refractivity (Wildman–Crippen MR) is 62.9 cm³/mol. The van der Waals surface area contributed by atoms with E-state index in [-0.39, 0.29) is 18.5 Å². The van der Waals surface area contributed by atoms with Crippen molar-refractivity contribution in [2.24, 2.45) is 0 Å². The van der Waals surface area contributed by atoms with Gasteiger partial charge >= 0.3 is 6.18 Å². The molecule has 20 heavy (non-hydrogen) atoms. The minimum absolute atomic E-state index is 0.00119. The molecule has 1 N–H and O–H groups in total. The van der Waals surface area contributed by atoms with Gasteiger partial charge in [0.25, 0.3) is 5.91 Å². The maximum atomic E-state index is 13.3. The van der Waals surface area contributed by atoms with Gasteiger partial charge in [0.2, 0.25) is 0 Å². The van der Waals surface area contributed by atoms with Crippen LogP contribution in [0.1, 0.15) is 22.3 Å². The molecule has 3 nitrogen and oxygen atoms in total. The Morgan fingerprint density at radius 3 is 2.70 bits per heavy atom. The van der Waals surface area contributed by atoms with Crippen molar-refractivity contribution < 1.29 is 27.5 Å². The van der Waals surface area contributed by atoms with E-state index < -0.39 is 36.5 Å². The Morgan fingerprint density at radius 1 is 1.40 bits per heavy atom. The number of hydrogen-bond donors (Lipinski definition) is 1. The first kappa shape index (κ1) is 14.8. The maximum Gasteiger partial charge on any atom is 0.416 e. The van der Waals surface area contributed by atoms with Crippen LogP contribution in [-0.2, 0) is 6.18 Å². The summed E-state index contributed by atoms with van der Waals surface area (Å²) < 4.78 is 51.0. The molecule has 0 unspecified atom stereocenters. The van der Waals surface area contributed by atoms with E-state index in [1.807, 2.05) is 0 Å². The van der Waals surface area contributed by atoms with Crippen LogP contribution in [0.3, 0.4) is 0 Å². The minimum atomic E-state index is -4.54. The Morgan fingerprint density at radius 2 is 2.10 bits per heavy atom. The summed E-state index contributed by atoms with van der Waals surface area (Å²) in [5, 5.41) is 9.09. The van der Waals surface area contributed by atoms with E-state index >= 15 is 0 Å². The lowest BCUT2D eigenvalue weighted by molar-refractivity contribution is -0.137. The number of carbonyl (C=O) groups excluding carboxylic acids is 1. The molecule has 7 heteroatoms. The Hall–Kier alpha value is -1.63. The summed E-state index contributed by atoms with van der Waals surface area (Å²) in [7, 11) is 0. The van der Waals surface area contributed by atoms with Crippen LogP contribution < -0.4 is 0 Å². The first-order valence-corrected chi connectivity index (χ1v) is 6.06. The molecule has 1 saturated heterocycles. The number of carbonyl (C=O) groups is 1. The Labute approximate surface area is 112 Å². The molecule has 0 saturated carbocycles. The Bertz CT molecular complexity index is 503. The highest BCUT2D eigenvalue weighted by Gasteiger charge is 2.36. The molecule has 1 amide bonds. The number of benzene rings is 1. The highest BCUT2D eigenvalue weighted by molar-refractivity contribution is 5.94. The predicted octanol–water partition coefficient (Wildman–Crippen LogP) is 2.25. The van der Waals surface area contributed by atoms with Gasteiger partial charge in [-0.25, -0.2) is 4.39 Å². The zero-order chi connectivity index (χ0) is 14.9. The quantitative estimate of drug-likeness (QED) is 0.849. The van der Waals surface area contributed by atoms with Crippen LogP contribution in [-0.4, -0.2) is 41.3 Å². The molecule has 1 aromatic rings. The minimum Gasteiger partial charge on any atom is -0.394 e. The van der Waals surface area contributed by atoms with Crippen molar-refractivity contribution in [3.63, 3.8) is 0 Å². The standard InChI is InChI=1S/C13H13F4NO2/c14-10-5-11(7-19)18(6-10)12(20)8-2-1-3-9(4-8)13(15,16)17/h1-4,10-11,19H,5-7H2/t10-,11-/m0/s1. The van der Waals surface area contributed by atoms with Crippen LogP contribution in [0.2, 0.25) is 0 Å². The summed E-state index contributed by atoms with van der Waals surface area (Å²) in [6, 6.07) is 3.29. The molecular formula is C13H13F4NO2. The Balaban J connectivity index is 2.25. The average molecular weight is 291 g/mol. The van der Waals surface area contributed by atoms with E-state index in [2.05, 4.69) is 0 Å². The van der Waals surface area contributed by atoms with Crippen LogP contribution in [0.15, 0.2) is 24.3 Å². The smallest absolute Gasteiger partial charge is 0.394 e. The summed E-state index contributed by atoms with van der Waals surface area (Å²) in [6.07, 6.45) is -5.80. The number of rotatable bonds is 2. The Kier molecular flexibility index (Phi) is 3.99. The van der Waals surface area contributed by atoms with Crippen LogP contribution in [0, 0.1) is 0 Å². The van der Waals surface area contributed by atoms with E-state index in [9.17, 15) is 22.4 Å². The van der Waals surface area contributed by atoms with Gasteiger partial charge in [0.1, 0.15) is 6.17 Å². The van der Waals surface area contributed by atoms with Crippen molar-refractivity contribution in [1.82, 2.24) is 4.90 Å². The molecule has 0 aliphatic carbocycles. The van der Waals surface area contributed by atoms with Crippen molar-refractivity contribution in [2.75, 3.05) is 13.2 Å². The molecule has 0 spiro atoms. The summed E-state index contributed by atoms with van der Waals surface area (Å²) in [5.41, 5.74) is -1.09. The van der Waals surface area contributed by atoms with Gasteiger partial charge in [-0.3, -0.25) is 4.79 Å². The summed E-state index contributed by atoms with van der Waals surface area (Å²) in [6.45, 7) is -0.620. The lowest BCUT2D eigenvalue weighted by Gasteiger charge is -2.23. The molecule has 110 valence electrons. The van der Waals surface area contributed by atoms with E-state index in [0.29, 0.717) is 0 Å². The lowest BCUT2D eigenvalue weighted by atomic mass is 10.1. The molecule has 2 atom stereocenters. The number of aliphatic hydroxyl groups is 1.